The molecule has 2 N–H and O–H groups in total. The van der Waals surface area contributed by atoms with E-state index in [2.05, 4.69) is 6.07 Å². The Balaban J connectivity index is 3.02. The Hall–Kier alpha value is -1.33. The van der Waals surface area contributed by atoms with E-state index in [4.69, 9.17) is 11.0 Å². The molecule has 1 atom stereocenters. The molecule has 0 saturated heterocycles. The zero-order valence-electron chi connectivity index (χ0n) is 7.12. The van der Waals surface area contributed by atoms with Crippen LogP contribution in [0.25, 0.3) is 0 Å². The van der Waals surface area contributed by atoms with Crippen molar-refractivity contribution < 1.29 is 0 Å². The van der Waals surface area contributed by atoms with Crippen LogP contribution >= 0.6 is 0 Å². The highest BCUT2D eigenvalue weighted by Crippen LogP contribution is 2.15. The first-order chi connectivity index (χ1) is 5.75. The molecular weight excluding hydrogens is 148 g/mol. The minimum atomic E-state index is 0.00884. The van der Waals surface area contributed by atoms with Crippen LogP contribution in [0.5, 0.6) is 0 Å². The van der Waals surface area contributed by atoms with Crippen LogP contribution in [0.15, 0.2) is 24.3 Å². The average molecular weight is 160 g/mol. The highest BCUT2D eigenvalue weighted by atomic mass is 14.6. The number of nitrogens with zero attached hydrogens (tertiary/aromatic N) is 1. The second kappa shape index (κ2) is 3.89. The summed E-state index contributed by atoms with van der Waals surface area (Å²) in [6.45, 7) is 1.93. The van der Waals surface area contributed by atoms with Crippen LogP contribution in [0.1, 0.15) is 24.1 Å². The molecule has 0 unspecified atom stereocenters. The van der Waals surface area contributed by atoms with E-state index in [0.717, 1.165) is 11.1 Å². The van der Waals surface area contributed by atoms with Gasteiger partial charge < -0.3 is 5.73 Å². The molecule has 0 fully saturated rings. The van der Waals surface area contributed by atoms with Crippen molar-refractivity contribution in [2.45, 2.75) is 19.4 Å². The maximum Gasteiger partial charge on any atom is 0.0669 e. The molecule has 0 spiro atoms. The standard InChI is InChI=1S/C10H12N2/c1-8(12)10-5-3-2-4-9(10)6-7-11/h2-5,8H,6,12H2,1H3/t8-/m1/s1. The fourth-order valence-corrected chi connectivity index (χ4v) is 1.22. The van der Waals surface area contributed by atoms with Gasteiger partial charge in [0.25, 0.3) is 0 Å². The van der Waals surface area contributed by atoms with E-state index in [1.807, 2.05) is 31.2 Å². The lowest BCUT2D eigenvalue weighted by molar-refractivity contribution is 0.806. The van der Waals surface area contributed by atoms with Gasteiger partial charge in [0.2, 0.25) is 0 Å². The molecule has 0 aliphatic rings. The Morgan fingerprint density at radius 3 is 2.75 bits per heavy atom. The number of hydrogen-bond donors (Lipinski definition) is 1. The Bertz CT molecular complexity index is 297. The van der Waals surface area contributed by atoms with Crippen LogP contribution in [-0.4, -0.2) is 0 Å². The van der Waals surface area contributed by atoms with Gasteiger partial charge in [0.05, 0.1) is 12.5 Å². The third kappa shape index (κ3) is 1.84. The van der Waals surface area contributed by atoms with Gasteiger partial charge in [-0.2, -0.15) is 5.26 Å². The molecule has 62 valence electrons. The van der Waals surface area contributed by atoms with E-state index in [1.165, 1.54) is 0 Å². The summed E-state index contributed by atoms with van der Waals surface area (Å²) < 4.78 is 0. The number of hydrogen-bond acceptors (Lipinski definition) is 2. The second-order valence-corrected chi connectivity index (χ2v) is 2.82. The third-order valence-electron chi connectivity index (χ3n) is 1.82. The summed E-state index contributed by atoms with van der Waals surface area (Å²) in [6.07, 6.45) is 0.442. The van der Waals surface area contributed by atoms with Crippen molar-refractivity contribution in [3.63, 3.8) is 0 Å². The minimum absolute atomic E-state index is 0.00884. The summed E-state index contributed by atoms with van der Waals surface area (Å²) in [5, 5.41) is 8.54. The Morgan fingerprint density at radius 2 is 2.17 bits per heavy atom. The molecule has 0 radical (unpaired) electrons. The molecule has 0 aliphatic heterocycles. The van der Waals surface area contributed by atoms with Gasteiger partial charge in [-0.05, 0) is 18.1 Å². The van der Waals surface area contributed by atoms with Crippen molar-refractivity contribution in [2.75, 3.05) is 0 Å². The van der Waals surface area contributed by atoms with Crippen molar-refractivity contribution in [2.24, 2.45) is 5.73 Å². The maximum absolute atomic E-state index is 8.54. The van der Waals surface area contributed by atoms with E-state index < -0.39 is 0 Å². The first-order valence-corrected chi connectivity index (χ1v) is 3.96. The lowest BCUT2D eigenvalue weighted by Crippen LogP contribution is -2.07. The minimum Gasteiger partial charge on any atom is -0.324 e. The fraction of sp³-hybridized carbons (Fsp3) is 0.300. The molecular formula is C10H12N2. The van der Waals surface area contributed by atoms with Crippen LogP contribution in [0.4, 0.5) is 0 Å². The first-order valence-electron chi connectivity index (χ1n) is 3.96. The smallest absolute Gasteiger partial charge is 0.0669 e. The van der Waals surface area contributed by atoms with Gasteiger partial charge in [-0.15, -0.1) is 0 Å². The van der Waals surface area contributed by atoms with E-state index in [9.17, 15) is 0 Å². The fourth-order valence-electron chi connectivity index (χ4n) is 1.22. The van der Waals surface area contributed by atoms with Gasteiger partial charge in [-0.25, -0.2) is 0 Å². The number of rotatable bonds is 2. The molecule has 0 bridgehead atoms. The van der Waals surface area contributed by atoms with E-state index in [0.29, 0.717) is 6.42 Å². The third-order valence-corrected chi connectivity index (χ3v) is 1.82. The number of nitrogens with two attached hydrogens (primary N) is 1. The van der Waals surface area contributed by atoms with Crippen LogP contribution in [0.3, 0.4) is 0 Å². The summed E-state index contributed by atoms with van der Waals surface area (Å²) in [5.41, 5.74) is 7.84. The molecule has 1 aromatic rings. The molecule has 0 amide bonds. The zero-order valence-corrected chi connectivity index (χ0v) is 7.12. The normalized spacial score (nSPS) is 12.1. The molecule has 0 heterocycles. The highest BCUT2D eigenvalue weighted by molar-refractivity contribution is 5.31. The van der Waals surface area contributed by atoms with Gasteiger partial charge >= 0.3 is 0 Å². The molecule has 2 heteroatoms. The summed E-state index contributed by atoms with van der Waals surface area (Å²) >= 11 is 0. The van der Waals surface area contributed by atoms with Crippen molar-refractivity contribution in [1.82, 2.24) is 0 Å². The van der Waals surface area contributed by atoms with Crippen molar-refractivity contribution in [3.05, 3.63) is 35.4 Å². The van der Waals surface area contributed by atoms with Crippen LogP contribution in [0, 0.1) is 11.3 Å². The summed E-state index contributed by atoms with van der Waals surface area (Å²) in [5.74, 6) is 0. The van der Waals surface area contributed by atoms with Gasteiger partial charge in [-0.1, -0.05) is 24.3 Å². The highest BCUT2D eigenvalue weighted by Gasteiger charge is 2.04. The molecule has 0 aromatic heterocycles. The molecule has 1 rings (SSSR count). The van der Waals surface area contributed by atoms with Crippen molar-refractivity contribution in [3.8, 4) is 6.07 Å². The number of benzene rings is 1. The lowest BCUT2D eigenvalue weighted by atomic mass is 10.0. The second-order valence-electron chi connectivity index (χ2n) is 2.82. The summed E-state index contributed by atoms with van der Waals surface area (Å²) in [4.78, 5) is 0. The molecule has 12 heavy (non-hydrogen) atoms. The predicted octanol–water partition coefficient (Wildman–Crippen LogP) is 1.77. The van der Waals surface area contributed by atoms with Crippen LogP contribution in [0.2, 0.25) is 0 Å². The van der Waals surface area contributed by atoms with E-state index >= 15 is 0 Å². The zero-order chi connectivity index (χ0) is 8.97. The Kier molecular flexibility index (Phi) is 2.84. The monoisotopic (exact) mass is 160 g/mol. The Morgan fingerprint density at radius 1 is 1.50 bits per heavy atom. The SMILES string of the molecule is C[C@@H](N)c1ccccc1CC#N. The van der Waals surface area contributed by atoms with Crippen molar-refractivity contribution >= 4 is 0 Å². The summed E-state index contributed by atoms with van der Waals surface area (Å²) in [6, 6.07) is 9.92. The predicted molar refractivity (Wildman–Crippen MR) is 48.4 cm³/mol. The number of nitriles is 1. The van der Waals surface area contributed by atoms with Crippen LogP contribution in [-0.2, 0) is 6.42 Å². The van der Waals surface area contributed by atoms with Crippen molar-refractivity contribution in [1.29, 1.82) is 5.26 Å². The topological polar surface area (TPSA) is 49.8 Å². The van der Waals surface area contributed by atoms with Gasteiger partial charge in [0, 0.05) is 6.04 Å². The van der Waals surface area contributed by atoms with Gasteiger partial charge in [0.15, 0.2) is 0 Å². The molecule has 0 aliphatic carbocycles. The lowest BCUT2D eigenvalue weighted by Gasteiger charge is -2.09. The molecule has 2 nitrogen and oxygen atoms in total. The van der Waals surface area contributed by atoms with Gasteiger partial charge in [0.1, 0.15) is 0 Å². The maximum atomic E-state index is 8.54. The van der Waals surface area contributed by atoms with E-state index in [-0.39, 0.29) is 6.04 Å². The molecule has 0 saturated carbocycles. The quantitative estimate of drug-likeness (QED) is 0.716. The van der Waals surface area contributed by atoms with Crippen LogP contribution < -0.4 is 5.73 Å². The largest absolute Gasteiger partial charge is 0.324 e. The van der Waals surface area contributed by atoms with Gasteiger partial charge in [-0.3, -0.25) is 0 Å². The van der Waals surface area contributed by atoms with E-state index in [1.54, 1.807) is 0 Å². The average Bonchev–Trinajstić information content (AvgIpc) is 2.05. The molecule has 1 aromatic carbocycles. The first kappa shape index (κ1) is 8.76. The summed E-state index contributed by atoms with van der Waals surface area (Å²) in [7, 11) is 0. The Labute approximate surface area is 72.6 Å².